The van der Waals surface area contributed by atoms with Gasteiger partial charge in [0.2, 0.25) is 0 Å². The van der Waals surface area contributed by atoms with Crippen LogP contribution in [0.5, 0.6) is 0 Å². The Hall–Kier alpha value is -2.35. The van der Waals surface area contributed by atoms with Crippen LogP contribution in [0.25, 0.3) is 23.2 Å². The minimum absolute atomic E-state index is 1.04. The van der Waals surface area contributed by atoms with Crippen LogP contribution in [0.2, 0.25) is 0 Å². The number of aromatic nitrogens is 2. The standard InChI is InChI=1S/C23H28N2/c1-2-3-4-5-6-12-19-25-22-16-11-10-15-21(22)24-23(25)18-17-20-13-8-7-9-14-20/h7-11,13-18H,2-6,12,19H2,1H3. The van der Waals surface area contributed by atoms with E-state index in [0.29, 0.717) is 0 Å². The molecule has 0 spiro atoms. The summed E-state index contributed by atoms with van der Waals surface area (Å²) in [6, 6.07) is 18.9. The lowest BCUT2D eigenvalue weighted by Gasteiger charge is -2.07. The third kappa shape index (κ3) is 4.82. The molecule has 0 bridgehead atoms. The molecule has 1 heterocycles. The average Bonchev–Trinajstić information content (AvgIpc) is 3.01. The van der Waals surface area contributed by atoms with E-state index in [1.807, 2.05) is 6.07 Å². The van der Waals surface area contributed by atoms with E-state index in [2.05, 4.69) is 72.2 Å². The molecule has 0 aliphatic heterocycles. The summed E-state index contributed by atoms with van der Waals surface area (Å²) in [5.41, 5.74) is 3.53. The SMILES string of the molecule is CCCCCCCCn1c(C=Cc2ccccc2)nc2ccccc21. The number of para-hydroxylation sites is 2. The van der Waals surface area contributed by atoms with Crippen molar-refractivity contribution >= 4 is 23.2 Å². The van der Waals surface area contributed by atoms with Gasteiger partial charge in [0, 0.05) is 6.54 Å². The summed E-state index contributed by atoms with van der Waals surface area (Å²) in [6.07, 6.45) is 12.2. The molecule has 3 aromatic rings. The predicted octanol–water partition coefficient (Wildman–Crippen LogP) is 6.57. The Labute approximate surface area is 151 Å². The van der Waals surface area contributed by atoms with Gasteiger partial charge in [0.1, 0.15) is 5.82 Å². The van der Waals surface area contributed by atoms with Crippen molar-refractivity contribution in [1.29, 1.82) is 0 Å². The van der Waals surface area contributed by atoms with E-state index in [1.54, 1.807) is 0 Å². The first-order valence-electron chi connectivity index (χ1n) is 9.57. The Morgan fingerprint density at radius 3 is 2.36 bits per heavy atom. The highest BCUT2D eigenvalue weighted by atomic mass is 15.1. The molecule has 0 saturated heterocycles. The molecule has 0 radical (unpaired) electrons. The number of rotatable bonds is 9. The first-order chi connectivity index (χ1) is 12.4. The Kier molecular flexibility index (Phi) is 6.44. The molecule has 0 unspecified atom stereocenters. The Bertz CT molecular complexity index is 799. The molecule has 130 valence electrons. The zero-order valence-corrected chi connectivity index (χ0v) is 15.2. The lowest BCUT2D eigenvalue weighted by molar-refractivity contribution is 0.562. The van der Waals surface area contributed by atoms with Crippen LogP contribution >= 0.6 is 0 Å². The van der Waals surface area contributed by atoms with Gasteiger partial charge in [-0.1, -0.05) is 87.6 Å². The summed E-state index contributed by atoms with van der Waals surface area (Å²) in [6.45, 7) is 3.31. The lowest BCUT2D eigenvalue weighted by atomic mass is 10.1. The Balaban J connectivity index is 1.74. The second kappa shape index (κ2) is 9.22. The maximum absolute atomic E-state index is 4.83. The number of nitrogens with zero attached hydrogens (tertiary/aromatic N) is 2. The van der Waals surface area contributed by atoms with E-state index < -0.39 is 0 Å². The van der Waals surface area contributed by atoms with Crippen molar-refractivity contribution in [3.8, 4) is 0 Å². The molecular formula is C23H28N2. The minimum Gasteiger partial charge on any atom is -0.324 e. The number of hydrogen-bond acceptors (Lipinski definition) is 1. The number of fused-ring (bicyclic) bond motifs is 1. The summed E-state index contributed by atoms with van der Waals surface area (Å²) in [4.78, 5) is 4.83. The quantitative estimate of drug-likeness (QED) is 0.405. The van der Waals surface area contributed by atoms with Crippen LogP contribution in [0.1, 0.15) is 56.8 Å². The molecule has 1 aromatic heterocycles. The van der Waals surface area contributed by atoms with Gasteiger partial charge in [0.15, 0.2) is 0 Å². The number of unbranched alkanes of at least 4 members (excludes halogenated alkanes) is 5. The fraction of sp³-hybridized carbons (Fsp3) is 0.348. The van der Waals surface area contributed by atoms with Crippen molar-refractivity contribution in [3.63, 3.8) is 0 Å². The summed E-state index contributed by atoms with van der Waals surface area (Å²) < 4.78 is 2.37. The third-order valence-corrected chi connectivity index (χ3v) is 4.64. The monoisotopic (exact) mass is 332 g/mol. The Morgan fingerprint density at radius 2 is 1.52 bits per heavy atom. The van der Waals surface area contributed by atoms with Crippen LogP contribution in [0.15, 0.2) is 54.6 Å². The van der Waals surface area contributed by atoms with Gasteiger partial charge in [0.25, 0.3) is 0 Å². The van der Waals surface area contributed by atoms with Gasteiger partial charge >= 0.3 is 0 Å². The van der Waals surface area contributed by atoms with Gasteiger partial charge in [-0.3, -0.25) is 0 Å². The minimum atomic E-state index is 1.04. The van der Waals surface area contributed by atoms with Gasteiger partial charge in [-0.15, -0.1) is 0 Å². The molecule has 2 nitrogen and oxygen atoms in total. The number of benzene rings is 2. The second-order valence-electron chi connectivity index (χ2n) is 6.62. The van der Waals surface area contributed by atoms with Gasteiger partial charge in [-0.05, 0) is 30.2 Å². The van der Waals surface area contributed by atoms with Crippen molar-refractivity contribution in [2.45, 2.75) is 52.0 Å². The maximum atomic E-state index is 4.83. The lowest BCUT2D eigenvalue weighted by Crippen LogP contribution is -2.00. The van der Waals surface area contributed by atoms with Crippen molar-refractivity contribution in [3.05, 3.63) is 66.0 Å². The molecule has 0 saturated carbocycles. The highest BCUT2D eigenvalue weighted by molar-refractivity contribution is 5.79. The molecule has 2 heteroatoms. The van der Waals surface area contributed by atoms with Crippen LogP contribution in [0.4, 0.5) is 0 Å². The van der Waals surface area contributed by atoms with E-state index in [-0.39, 0.29) is 0 Å². The largest absolute Gasteiger partial charge is 0.324 e. The van der Waals surface area contributed by atoms with Crippen LogP contribution in [-0.4, -0.2) is 9.55 Å². The molecule has 0 atom stereocenters. The van der Waals surface area contributed by atoms with E-state index in [4.69, 9.17) is 4.98 Å². The maximum Gasteiger partial charge on any atom is 0.133 e. The summed E-state index contributed by atoms with van der Waals surface area (Å²) >= 11 is 0. The second-order valence-corrected chi connectivity index (χ2v) is 6.62. The first kappa shape index (κ1) is 17.5. The van der Waals surface area contributed by atoms with Crippen LogP contribution in [0, 0.1) is 0 Å². The molecule has 0 fully saturated rings. The van der Waals surface area contributed by atoms with Crippen molar-refractivity contribution in [1.82, 2.24) is 9.55 Å². The summed E-state index contributed by atoms with van der Waals surface area (Å²) in [7, 11) is 0. The highest BCUT2D eigenvalue weighted by Gasteiger charge is 2.07. The highest BCUT2D eigenvalue weighted by Crippen LogP contribution is 2.19. The molecule has 0 amide bonds. The Morgan fingerprint density at radius 1 is 0.800 bits per heavy atom. The van der Waals surface area contributed by atoms with Gasteiger partial charge in [-0.2, -0.15) is 0 Å². The van der Waals surface area contributed by atoms with E-state index >= 15 is 0 Å². The molecule has 0 aliphatic rings. The summed E-state index contributed by atoms with van der Waals surface area (Å²) in [5, 5.41) is 0. The van der Waals surface area contributed by atoms with Crippen molar-refractivity contribution in [2.24, 2.45) is 0 Å². The van der Waals surface area contributed by atoms with E-state index in [1.165, 1.54) is 49.6 Å². The normalized spacial score (nSPS) is 11.6. The topological polar surface area (TPSA) is 17.8 Å². The van der Waals surface area contributed by atoms with Crippen molar-refractivity contribution < 1.29 is 0 Å². The molecule has 0 N–H and O–H groups in total. The summed E-state index contributed by atoms with van der Waals surface area (Å²) in [5.74, 6) is 1.05. The molecular weight excluding hydrogens is 304 g/mol. The first-order valence-corrected chi connectivity index (χ1v) is 9.57. The van der Waals surface area contributed by atoms with E-state index in [0.717, 1.165) is 17.9 Å². The van der Waals surface area contributed by atoms with Crippen LogP contribution < -0.4 is 0 Å². The molecule has 3 rings (SSSR count). The molecule has 2 aromatic carbocycles. The average molecular weight is 332 g/mol. The molecule has 25 heavy (non-hydrogen) atoms. The number of imidazole rings is 1. The zero-order chi connectivity index (χ0) is 17.3. The fourth-order valence-corrected chi connectivity index (χ4v) is 3.24. The number of aryl methyl sites for hydroxylation is 1. The van der Waals surface area contributed by atoms with Crippen LogP contribution in [0.3, 0.4) is 0 Å². The predicted molar refractivity (Wildman–Crippen MR) is 108 cm³/mol. The zero-order valence-electron chi connectivity index (χ0n) is 15.2. The van der Waals surface area contributed by atoms with Crippen molar-refractivity contribution in [2.75, 3.05) is 0 Å². The molecule has 0 aliphatic carbocycles. The number of hydrogen-bond donors (Lipinski definition) is 0. The third-order valence-electron chi connectivity index (χ3n) is 4.64. The fourth-order valence-electron chi connectivity index (χ4n) is 3.24. The van der Waals surface area contributed by atoms with E-state index in [9.17, 15) is 0 Å². The smallest absolute Gasteiger partial charge is 0.133 e. The van der Waals surface area contributed by atoms with Gasteiger partial charge in [0.05, 0.1) is 11.0 Å². The van der Waals surface area contributed by atoms with Gasteiger partial charge in [-0.25, -0.2) is 4.98 Å². The van der Waals surface area contributed by atoms with Gasteiger partial charge < -0.3 is 4.57 Å². The van der Waals surface area contributed by atoms with Crippen LogP contribution in [-0.2, 0) is 6.54 Å².